The summed E-state index contributed by atoms with van der Waals surface area (Å²) in [6.45, 7) is 2.05. The normalized spacial score (nSPS) is 10.6. The van der Waals surface area contributed by atoms with Gasteiger partial charge in [-0.25, -0.2) is 9.78 Å². The van der Waals surface area contributed by atoms with Gasteiger partial charge in [0.05, 0.1) is 6.61 Å². The number of ether oxygens (including phenoxy) is 1. The van der Waals surface area contributed by atoms with Gasteiger partial charge in [-0.3, -0.25) is 0 Å². The maximum Gasteiger partial charge on any atom is 0.394 e. The Balaban J connectivity index is 2.47. The number of esters is 1. The first-order valence-corrected chi connectivity index (χ1v) is 6.00. The highest BCUT2D eigenvalue weighted by atomic mass is 79.9. The van der Waals surface area contributed by atoms with Gasteiger partial charge in [0.2, 0.25) is 0 Å². The number of fused-ring (bicyclic) bond motifs is 1. The first-order chi connectivity index (χ1) is 7.76. The van der Waals surface area contributed by atoms with Crippen molar-refractivity contribution in [3.05, 3.63) is 29.7 Å². The highest BCUT2D eigenvalue weighted by Gasteiger charge is 2.16. The van der Waals surface area contributed by atoms with Crippen LogP contribution in [0.4, 0.5) is 0 Å². The van der Waals surface area contributed by atoms with Crippen LogP contribution < -0.4 is 0 Å². The quantitative estimate of drug-likeness (QED) is 0.642. The molecular formula is C11H10BrNO3. The number of nitrogens with zero attached hydrogens (tertiary/aromatic N) is 1. The van der Waals surface area contributed by atoms with Gasteiger partial charge in [0, 0.05) is 10.9 Å². The number of para-hydroxylation sites is 1. The maximum atomic E-state index is 11.4. The Morgan fingerprint density at radius 2 is 2.38 bits per heavy atom. The average molecular weight is 284 g/mol. The number of alkyl halides is 1. The molecule has 2 rings (SSSR count). The summed E-state index contributed by atoms with van der Waals surface area (Å²) < 4.78 is 10.2. The summed E-state index contributed by atoms with van der Waals surface area (Å²) in [5, 5.41) is 0.655. The second-order valence-corrected chi connectivity index (χ2v) is 3.70. The van der Waals surface area contributed by atoms with Crippen molar-refractivity contribution in [2.75, 3.05) is 6.61 Å². The fourth-order valence-corrected chi connectivity index (χ4v) is 1.83. The Hall–Kier alpha value is -1.36. The van der Waals surface area contributed by atoms with E-state index in [9.17, 15) is 4.79 Å². The van der Waals surface area contributed by atoms with Gasteiger partial charge < -0.3 is 9.15 Å². The van der Waals surface area contributed by atoms with Gasteiger partial charge in [0.25, 0.3) is 0 Å². The van der Waals surface area contributed by atoms with Crippen LogP contribution in [-0.4, -0.2) is 17.6 Å². The summed E-state index contributed by atoms with van der Waals surface area (Å²) in [5.74, 6) is -0.524. The Kier molecular flexibility index (Phi) is 3.24. The minimum absolute atomic E-state index is 0.00486. The lowest BCUT2D eigenvalue weighted by molar-refractivity contribution is 0.0483. The van der Waals surface area contributed by atoms with Crippen molar-refractivity contribution in [3.8, 4) is 0 Å². The molecule has 0 aliphatic rings. The molecule has 0 bridgehead atoms. The molecule has 2 aromatic rings. The minimum Gasteiger partial charge on any atom is -0.459 e. The van der Waals surface area contributed by atoms with Crippen LogP contribution >= 0.6 is 15.9 Å². The first-order valence-electron chi connectivity index (χ1n) is 4.87. The number of benzene rings is 1. The second-order valence-electron chi connectivity index (χ2n) is 3.14. The molecule has 0 aliphatic carbocycles. The summed E-state index contributed by atoms with van der Waals surface area (Å²) in [4.78, 5) is 15.5. The zero-order chi connectivity index (χ0) is 11.5. The molecule has 0 saturated heterocycles. The number of rotatable bonds is 3. The monoisotopic (exact) mass is 283 g/mol. The van der Waals surface area contributed by atoms with Gasteiger partial charge in [0.15, 0.2) is 5.58 Å². The van der Waals surface area contributed by atoms with E-state index in [0.29, 0.717) is 23.0 Å². The molecular weight excluding hydrogens is 274 g/mol. The van der Waals surface area contributed by atoms with Crippen LogP contribution in [0.1, 0.15) is 23.2 Å². The molecule has 0 fully saturated rings. The molecule has 1 aromatic heterocycles. The van der Waals surface area contributed by atoms with Gasteiger partial charge in [-0.15, -0.1) is 0 Å². The van der Waals surface area contributed by atoms with E-state index in [1.807, 2.05) is 12.1 Å². The summed E-state index contributed by atoms with van der Waals surface area (Å²) in [5.41, 5.74) is 2.25. The van der Waals surface area contributed by atoms with Gasteiger partial charge in [-0.1, -0.05) is 28.1 Å². The van der Waals surface area contributed by atoms with E-state index in [0.717, 1.165) is 5.56 Å². The molecule has 1 aromatic carbocycles. The average Bonchev–Trinajstić information content (AvgIpc) is 2.72. The number of hydrogen-bond acceptors (Lipinski definition) is 4. The maximum absolute atomic E-state index is 11.4. The van der Waals surface area contributed by atoms with Crippen LogP contribution in [0.3, 0.4) is 0 Å². The van der Waals surface area contributed by atoms with Crippen LogP contribution in [0.15, 0.2) is 22.6 Å². The van der Waals surface area contributed by atoms with Gasteiger partial charge in [-0.2, -0.15) is 0 Å². The summed E-state index contributed by atoms with van der Waals surface area (Å²) in [6, 6.07) is 5.58. The third kappa shape index (κ3) is 1.95. The predicted octanol–water partition coefficient (Wildman–Crippen LogP) is 2.90. The van der Waals surface area contributed by atoms with Crippen molar-refractivity contribution < 1.29 is 13.9 Å². The van der Waals surface area contributed by atoms with Gasteiger partial charge >= 0.3 is 11.9 Å². The number of aromatic nitrogens is 1. The lowest BCUT2D eigenvalue weighted by Crippen LogP contribution is -2.04. The van der Waals surface area contributed by atoms with Crippen molar-refractivity contribution in [1.29, 1.82) is 0 Å². The van der Waals surface area contributed by atoms with E-state index in [1.165, 1.54) is 0 Å². The summed E-state index contributed by atoms with van der Waals surface area (Å²) in [7, 11) is 0. The molecule has 1 heterocycles. The molecule has 0 amide bonds. The molecule has 16 heavy (non-hydrogen) atoms. The first kappa shape index (κ1) is 11.1. The topological polar surface area (TPSA) is 52.3 Å². The van der Waals surface area contributed by atoms with Crippen LogP contribution in [-0.2, 0) is 10.1 Å². The number of halogens is 1. The Bertz CT molecular complexity index is 521. The predicted molar refractivity (Wildman–Crippen MR) is 62.6 cm³/mol. The lowest BCUT2D eigenvalue weighted by Gasteiger charge is -1.95. The second kappa shape index (κ2) is 4.65. The van der Waals surface area contributed by atoms with Crippen molar-refractivity contribution in [2.24, 2.45) is 0 Å². The molecule has 0 radical (unpaired) electrons. The Labute approximate surface area is 101 Å². The zero-order valence-corrected chi connectivity index (χ0v) is 10.3. The van der Waals surface area contributed by atoms with E-state index in [-0.39, 0.29) is 5.89 Å². The standard InChI is InChI=1S/C11H10BrNO3/c1-2-15-11(14)10-13-8-5-3-4-7(6-12)9(8)16-10/h3-5H,2,6H2,1H3. The highest BCUT2D eigenvalue weighted by Crippen LogP contribution is 2.22. The van der Waals surface area contributed by atoms with Gasteiger partial charge in [0.1, 0.15) is 5.52 Å². The van der Waals surface area contributed by atoms with Gasteiger partial charge in [-0.05, 0) is 13.0 Å². The van der Waals surface area contributed by atoms with Crippen molar-refractivity contribution in [1.82, 2.24) is 4.98 Å². The lowest BCUT2D eigenvalue weighted by atomic mass is 10.2. The Morgan fingerprint density at radius 3 is 3.06 bits per heavy atom. The molecule has 0 saturated carbocycles. The van der Waals surface area contributed by atoms with E-state index < -0.39 is 5.97 Å². The molecule has 0 unspecified atom stereocenters. The molecule has 4 nitrogen and oxygen atoms in total. The van der Waals surface area contributed by atoms with Crippen LogP contribution in [0, 0.1) is 0 Å². The van der Waals surface area contributed by atoms with Crippen molar-refractivity contribution >= 4 is 33.0 Å². The molecule has 0 N–H and O–H groups in total. The molecule has 0 spiro atoms. The largest absolute Gasteiger partial charge is 0.459 e. The molecule has 0 aliphatic heterocycles. The van der Waals surface area contributed by atoms with Crippen LogP contribution in [0.25, 0.3) is 11.1 Å². The third-order valence-corrected chi connectivity index (χ3v) is 2.69. The fraction of sp³-hybridized carbons (Fsp3) is 0.273. The van der Waals surface area contributed by atoms with Crippen molar-refractivity contribution in [2.45, 2.75) is 12.3 Å². The van der Waals surface area contributed by atoms with Crippen LogP contribution in [0.2, 0.25) is 0 Å². The van der Waals surface area contributed by atoms with E-state index in [4.69, 9.17) is 9.15 Å². The number of carbonyl (C=O) groups is 1. The van der Waals surface area contributed by atoms with Crippen molar-refractivity contribution in [3.63, 3.8) is 0 Å². The fourth-order valence-electron chi connectivity index (χ4n) is 1.39. The highest BCUT2D eigenvalue weighted by molar-refractivity contribution is 9.08. The minimum atomic E-state index is -0.528. The SMILES string of the molecule is CCOC(=O)c1nc2cccc(CBr)c2o1. The Morgan fingerprint density at radius 1 is 1.56 bits per heavy atom. The van der Waals surface area contributed by atoms with E-state index in [2.05, 4.69) is 20.9 Å². The van der Waals surface area contributed by atoms with E-state index in [1.54, 1.807) is 13.0 Å². The molecule has 0 atom stereocenters. The number of oxazole rings is 1. The third-order valence-electron chi connectivity index (χ3n) is 2.09. The smallest absolute Gasteiger partial charge is 0.394 e. The number of carbonyl (C=O) groups excluding carboxylic acids is 1. The number of hydrogen-bond donors (Lipinski definition) is 0. The van der Waals surface area contributed by atoms with E-state index >= 15 is 0 Å². The summed E-state index contributed by atoms with van der Waals surface area (Å²) in [6.07, 6.45) is 0. The molecule has 84 valence electrons. The molecule has 5 heteroatoms. The van der Waals surface area contributed by atoms with Crippen LogP contribution in [0.5, 0.6) is 0 Å². The summed E-state index contributed by atoms with van der Waals surface area (Å²) >= 11 is 3.35. The zero-order valence-electron chi connectivity index (χ0n) is 8.70.